The molecule has 30 heavy (non-hydrogen) atoms. The molecule has 4 aromatic rings. The Morgan fingerprint density at radius 1 is 1.00 bits per heavy atom. The second-order valence-corrected chi connectivity index (χ2v) is 6.85. The van der Waals surface area contributed by atoms with Gasteiger partial charge in [0.15, 0.2) is 0 Å². The standard InChI is InChI=1S/C25H19N3O2/c1-17-20(25(29)28-16-19-11-9-18(15-26)10-12-19)6-4-8-23(17)30-24-13-14-27-22-7-3-2-5-21(22)24/h2-14H,16H2,1H3,(H,28,29). The molecule has 0 aliphatic carbocycles. The predicted molar refractivity (Wildman–Crippen MR) is 115 cm³/mol. The zero-order chi connectivity index (χ0) is 20.9. The molecule has 5 nitrogen and oxygen atoms in total. The first-order chi connectivity index (χ1) is 14.7. The van der Waals surface area contributed by atoms with Gasteiger partial charge in [-0.25, -0.2) is 0 Å². The van der Waals surface area contributed by atoms with Crippen molar-refractivity contribution < 1.29 is 9.53 Å². The van der Waals surface area contributed by atoms with Crippen molar-refractivity contribution in [2.24, 2.45) is 0 Å². The van der Waals surface area contributed by atoms with Crippen LogP contribution in [0.1, 0.15) is 27.0 Å². The minimum atomic E-state index is -0.179. The molecule has 0 spiro atoms. The normalized spacial score (nSPS) is 10.4. The van der Waals surface area contributed by atoms with Crippen LogP contribution in [0, 0.1) is 18.3 Å². The van der Waals surface area contributed by atoms with Gasteiger partial charge in [0.2, 0.25) is 0 Å². The summed E-state index contributed by atoms with van der Waals surface area (Å²) < 4.78 is 6.15. The third-order valence-corrected chi connectivity index (χ3v) is 4.89. The summed E-state index contributed by atoms with van der Waals surface area (Å²) in [4.78, 5) is 17.1. The lowest BCUT2D eigenvalue weighted by Crippen LogP contribution is -2.23. The van der Waals surface area contributed by atoms with E-state index >= 15 is 0 Å². The number of carbonyl (C=O) groups is 1. The molecular weight excluding hydrogens is 374 g/mol. The van der Waals surface area contributed by atoms with Crippen LogP contribution in [0.4, 0.5) is 0 Å². The van der Waals surface area contributed by atoms with Crippen LogP contribution in [0.2, 0.25) is 0 Å². The number of carbonyl (C=O) groups excluding carboxylic acids is 1. The van der Waals surface area contributed by atoms with Gasteiger partial charge >= 0.3 is 0 Å². The second-order valence-electron chi connectivity index (χ2n) is 6.85. The highest BCUT2D eigenvalue weighted by Crippen LogP contribution is 2.31. The molecule has 0 atom stereocenters. The van der Waals surface area contributed by atoms with Crippen molar-refractivity contribution in [3.05, 3.63) is 101 Å². The number of para-hydroxylation sites is 1. The summed E-state index contributed by atoms with van der Waals surface area (Å²) in [5, 5.41) is 12.7. The number of ether oxygens (including phenoxy) is 1. The van der Waals surface area contributed by atoms with Gasteiger partial charge in [-0.1, -0.05) is 30.3 Å². The zero-order valence-corrected chi connectivity index (χ0v) is 16.4. The van der Waals surface area contributed by atoms with Crippen LogP contribution >= 0.6 is 0 Å². The molecule has 5 heteroatoms. The summed E-state index contributed by atoms with van der Waals surface area (Å²) in [6.07, 6.45) is 1.71. The number of aromatic nitrogens is 1. The van der Waals surface area contributed by atoms with Crippen molar-refractivity contribution in [3.63, 3.8) is 0 Å². The van der Waals surface area contributed by atoms with E-state index in [-0.39, 0.29) is 5.91 Å². The third kappa shape index (κ3) is 3.98. The lowest BCUT2D eigenvalue weighted by atomic mass is 10.1. The van der Waals surface area contributed by atoms with Crippen LogP contribution in [0.25, 0.3) is 10.9 Å². The second kappa shape index (κ2) is 8.46. The van der Waals surface area contributed by atoms with E-state index in [0.29, 0.717) is 29.2 Å². The van der Waals surface area contributed by atoms with Gasteiger partial charge in [0.25, 0.3) is 5.91 Å². The van der Waals surface area contributed by atoms with Gasteiger partial charge in [-0.15, -0.1) is 0 Å². The fourth-order valence-corrected chi connectivity index (χ4v) is 3.22. The van der Waals surface area contributed by atoms with Gasteiger partial charge in [0, 0.05) is 29.3 Å². The number of pyridine rings is 1. The zero-order valence-electron chi connectivity index (χ0n) is 16.4. The summed E-state index contributed by atoms with van der Waals surface area (Å²) in [7, 11) is 0. The van der Waals surface area contributed by atoms with E-state index in [1.807, 2.05) is 61.5 Å². The minimum absolute atomic E-state index is 0.179. The van der Waals surface area contributed by atoms with E-state index in [0.717, 1.165) is 22.0 Å². The number of benzene rings is 3. The maximum atomic E-state index is 12.7. The van der Waals surface area contributed by atoms with Crippen molar-refractivity contribution in [2.75, 3.05) is 0 Å². The Bertz CT molecular complexity index is 1250. The summed E-state index contributed by atoms with van der Waals surface area (Å²) >= 11 is 0. The molecule has 0 unspecified atom stereocenters. The number of fused-ring (bicyclic) bond motifs is 1. The quantitative estimate of drug-likeness (QED) is 0.510. The molecule has 0 bridgehead atoms. The Morgan fingerprint density at radius 2 is 1.80 bits per heavy atom. The fourth-order valence-electron chi connectivity index (χ4n) is 3.22. The summed E-state index contributed by atoms with van der Waals surface area (Å²) in [6, 6.07) is 24.2. The molecule has 1 amide bonds. The van der Waals surface area contributed by atoms with Crippen LogP contribution in [-0.2, 0) is 6.54 Å². The molecule has 3 aromatic carbocycles. The monoisotopic (exact) mass is 393 g/mol. The smallest absolute Gasteiger partial charge is 0.251 e. The van der Waals surface area contributed by atoms with Gasteiger partial charge in [-0.3, -0.25) is 9.78 Å². The Kier molecular flexibility index (Phi) is 5.40. The molecule has 4 rings (SSSR count). The number of rotatable bonds is 5. The van der Waals surface area contributed by atoms with E-state index in [4.69, 9.17) is 10.00 Å². The number of nitriles is 1. The summed E-state index contributed by atoms with van der Waals surface area (Å²) in [6.45, 7) is 2.25. The summed E-state index contributed by atoms with van der Waals surface area (Å²) in [5.41, 5.74) is 3.68. The van der Waals surface area contributed by atoms with Crippen LogP contribution in [-0.4, -0.2) is 10.9 Å². The van der Waals surface area contributed by atoms with E-state index in [9.17, 15) is 4.79 Å². The lowest BCUT2D eigenvalue weighted by molar-refractivity contribution is 0.0950. The van der Waals surface area contributed by atoms with Crippen molar-refractivity contribution >= 4 is 16.8 Å². The topological polar surface area (TPSA) is 75.0 Å². The highest BCUT2D eigenvalue weighted by Gasteiger charge is 2.14. The lowest BCUT2D eigenvalue weighted by Gasteiger charge is -2.14. The molecule has 1 heterocycles. The van der Waals surface area contributed by atoms with Crippen molar-refractivity contribution in [1.82, 2.24) is 10.3 Å². The molecule has 0 saturated carbocycles. The first-order valence-electron chi connectivity index (χ1n) is 9.54. The van der Waals surface area contributed by atoms with Crippen molar-refractivity contribution in [3.8, 4) is 17.6 Å². The highest BCUT2D eigenvalue weighted by atomic mass is 16.5. The average molecular weight is 393 g/mol. The van der Waals surface area contributed by atoms with Gasteiger partial charge in [0.1, 0.15) is 11.5 Å². The van der Waals surface area contributed by atoms with Gasteiger partial charge in [0.05, 0.1) is 17.1 Å². The molecule has 1 aromatic heterocycles. The van der Waals surface area contributed by atoms with Gasteiger partial charge in [-0.05, 0) is 55.0 Å². The summed E-state index contributed by atoms with van der Waals surface area (Å²) in [5.74, 6) is 1.14. The molecule has 0 saturated heterocycles. The van der Waals surface area contributed by atoms with E-state index in [1.165, 1.54) is 0 Å². The van der Waals surface area contributed by atoms with Crippen molar-refractivity contribution in [2.45, 2.75) is 13.5 Å². The van der Waals surface area contributed by atoms with E-state index in [1.54, 1.807) is 24.4 Å². The van der Waals surface area contributed by atoms with Crippen molar-refractivity contribution in [1.29, 1.82) is 5.26 Å². The average Bonchev–Trinajstić information content (AvgIpc) is 2.79. The molecule has 0 aliphatic heterocycles. The van der Waals surface area contributed by atoms with Crippen LogP contribution in [0.5, 0.6) is 11.5 Å². The van der Waals surface area contributed by atoms with E-state index < -0.39 is 0 Å². The Balaban J connectivity index is 1.53. The van der Waals surface area contributed by atoms with Crippen LogP contribution < -0.4 is 10.1 Å². The molecule has 0 radical (unpaired) electrons. The van der Waals surface area contributed by atoms with Crippen LogP contribution in [0.15, 0.2) is 79.0 Å². The Hall–Kier alpha value is -4.17. The first-order valence-corrected chi connectivity index (χ1v) is 9.54. The molecule has 0 fully saturated rings. The predicted octanol–water partition coefficient (Wildman–Crippen LogP) is 5.14. The Morgan fingerprint density at radius 3 is 2.60 bits per heavy atom. The fraction of sp³-hybridized carbons (Fsp3) is 0.0800. The number of nitrogens with zero attached hydrogens (tertiary/aromatic N) is 2. The maximum absolute atomic E-state index is 12.7. The number of nitrogens with one attached hydrogen (secondary N) is 1. The number of hydrogen-bond acceptors (Lipinski definition) is 4. The number of amides is 1. The Labute approximate surface area is 174 Å². The molecular formula is C25H19N3O2. The van der Waals surface area contributed by atoms with Gasteiger partial charge < -0.3 is 10.1 Å². The van der Waals surface area contributed by atoms with E-state index in [2.05, 4.69) is 16.4 Å². The SMILES string of the molecule is Cc1c(Oc2ccnc3ccccc23)cccc1C(=O)NCc1ccc(C#N)cc1. The maximum Gasteiger partial charge on any atom is 0.251 e. The van der Waals surface area contributed by atoms with Gasteiger partial charge in [-0.2, -0.15) is 5.26 Å². The third-order valence-electron chi connectivity index (χ3n) is 4.89. The molecule has 0 aliphatic rings. The minimum Gasteiger partial charge on any atom is -0.456 e. The molecule has 1 N–H and O–H groups in total. The molecule has 146 valence electrons. The first kappa shape index (κ1) is 19.2. The highest BCUT2D eigenvalue weighted by molar-refractivity contribution is 5.96. The largest absolute Gasteiger partial charge is 0.456 e. The number of hydrogen-bond donors (Lipinski definition) is 1. The van der Waals surface area contributed by atoms with Crippen LogP contribution in [0.3, 0.4) is 0 Å².